The first-order valence-electron chi connectivity index (χ1n) is 5.73. The van der Waals surface area contributed by atoms with E-state index in [1.54, 1.807) is 0 Å². The summed E-state index contributed by atoms with van der Waals surface area (Å²) in [7, 11) is 0. The molecular formula is C12H20O. The Kier molecular flexibility index (Phi) is 2.44. The van der Waals surface area contributed by atoms with Crippen molar-refractivity contribution in [1.29, 1.82) is 0 Å². The Morgan fingerprint density at radius 3 is 2.15 bits per heavy atom. The summed E-state index contributed by atoms with van der Waals surface area (Å²) in [6.07, 6.45) is 10.2. The molecule has 0 heterocycles. The van der Waals surface area contributed by atoms with Crippen molar-refractivity contribution in [3.05, 3.63) is 0 Å². The van der Waals surface area contributed by atoms with E-state index in [9.17, 15) is 4.79 Å². The molecule has 0 aromatic carbocycles. The van der Waals surface area contributed by atoms with Crippen molar-refractivity contribution in [2.24, 2.45) is 17.3 Å². The first-order valence-corrected chi connectivity index (χ1v) is 5.73. The standard InChI is InChI=1S/C12H20O/c1-10-3-5-11(6-4-10)12(9-13)7-2-8-12/h9-11H,2-8H2,1H3. The number of hydrogen-bond donors (Lipinski definition) is 0. The van der Waals surface area contributed by atoms with Gasteiger partial charge in [-0.1, -0.05) is 26.2 Å². The summed E-state index contributed by atoms with van der Waals surface area (Å²) in [6, 6.07) is 0. The Hall–Kier alpha value is -0.330. The molecular weight excluding hydrogens is 160 g/mol. The molecule has 2 saturated carbocycles. The van der Waals surface area contributed by atoms with E-state index in [4.69, 9.17) is 0 Å². The third-order valence-electron chi connectivity index (χ3n) is 4.35. The Morgan fingerprint density at radius 1 is 1.15 bits per heavy atom. The fourth-order valence-corrected chi connectivity index (χ4v) is 3.04. The van der Waals surface area contributed by atoms with Gasteiger partial charge in [-0.15, -0.1) is 0 Å². The predicted molar refractivity (Wildman–Crippen MR) is 53.5 cm³/mol. The fourth-order valence-electron chi connectivity index (χ4n) is 3.04. The summed E-state index contributed by atoms with van der Waals surface area (Å²) >= 11 is 0. The topological polar surface area (TPSA) is 17.1 Å². The van der Waals surface area contributed by atoms with Crippen LogP contribution in [-0.4, -0.2) is 6.29 Å². The second kappa shape index (κ2) is 3.43. The van der Waals surface area contributed by atoms with Gasteiger partial charge in [-0.25, -0.2) is 0 Å². The Balaban J connectivity index is 1.96. The average Bonchev–Trinajstić information content (AvgIpc) is 2.07. The summed E-state index contributed by atoms with van der Waals surface area (Å²) < 4.78 is 0. The van der Waals surface area contributed by atoms with E-state index < -0.39 is 0 Å². The average molecular weight is 180 g/mol. The smallest absolute Gasteiger partial charge is 0.126 e. The highest BCUT2D eigenvalue weighted by molar-refractivity contribution is 5.61. The lowest BCUT2D eigenvalue weighted by atomic mass is 9.58. The molecule has 74 valence electrons. The van der Waals surface area contributed by atoms with Gasteiger partial charge in [0.05, 0.1) is 0 Å². The molecule has 0 spiro atoms. The second-order valence-electron chi connectivity index (χ2n) is 5.16. The Morgan fingerprint density at radius 2 is 1.77 bits per heavy atom. The molecule has 0 amide bonds. The molecule has 0 bridgehead atoms. The molecule has 0 unspecified atom stereocenters. The van der Waals surface area contributed by atoms with Crippen molar-refractivity contribution in [2.75, 3.05) is 0 Å². The van der Waals surface area contributed by atoms with Gasteiger partial charge in [-0.05, 0) is 37.5 Å². The first-order chi connectivity index (χ1) is 6.27. The number of carbonyl (C=O) groups excluding carboxylic acids is 1. The minimum atomic E-state index is 0.139. The first kappa shape index (κ1) is 9.23. The van der Waals surface area contributed by atoms with Gasteiger partial charge in [0, 0.05) is 5.41 Å². The molecule has 1 nitrogen and oxygen atoms in total. The number of rotatable bonds is 2. The minimum absolute atomic E-state index is 0.139. The van der Waals surface area contributed by atoms with Crippen LogP contribution in [0.5, 0.6) is 0 Å². The van der Waals surface area contributed by atoms with E-state index in [0.717, 1.165) is 11.8 Å². The molecule has 0 saturated heterocycles. The number of aldehydes is 1. The van der Waals surface area contributed by atoms with E-state index >= 15 is 0 Å². The lowest BCUT2D eigenvalue weighted by Crippen LogP contribution is -2.40. The molecule has 0 radical (unpaired) electrons. The van der Waals surface area contributed by atoms with E-state index in [1.807, 2.05) is 0 Å². The molecule has 0 atom stereocenters. The van der Waals surface area contributed by atoms with Crippen LogP contribution in [0, 0.1) is 17.3 Å². The van der Waals surface area contributed by atoms with Crippen molar-refractivity contribution < 1.29 is 4.79 Å². The fraction of sp³-hybridized carbons (Fsp3) is 0.917. The van der Waals surface area contributed by atoms with Crippen LogP contribution in [0.25, 0.3) is 0 Å². The van der Waals surface area contributed by atoms with E-state index in [2.05, 4.69) is 6.92 Å². The molecule has 0 aliphatic heterocycles. The van der Waals surface area contributed by atoms with Crippen LogP contribution in [0.2, 0.25) is 0 Å². The van der Waals surface area contributed by atoms with Crippen LogP contribution in [0.4, 0.5) is 0 Å². The highest BCUT2D eigenvalue weighted by Gasteiger charge is 2.44. The van der Waals surface area contributed by atoms with Crippen LogP contribution in [0.1, 0.15) is 51.9 Å². The third-order valence-corrected chi connectivity index (χ3v) is 4.35. The maximum absolute atomic E-state index is 11.1. The minimum Gasteiger partial charge on any atom is -0.303 e. The molecule has 13 heavy (non-hydrogen) atoms. The van der Waals surface area contributed by atoms with Crippen molar-refractivity contribution in [1.82, 2.24) is 0 Å². The number of carbonyl (C=O) groups is 1. The third kappa shape index (κ3) is 1.53. The van der Waals surface area contributed by atoms with Crippen LogP contribution in [-0.2, 0) is 4.79 Å². The lowest BCUT2D eigenvalue weighted by Gasteiger charge is -2.46. The van der Waals surface area contributed by atoms with Gasteiger partial charge in [0.15, 0.2) is 0 Å². The Labute approximate surface area is 80.9 Å². The zero-order chi connectivity index (χ0) is 9.31. The quantitative estimate of drug-likeness (QED) is 0.596. The summed E-state index contributed by atoms with van der Waals surface area (Å²) in [6.45, 7) is 2.34. The van der Waals surface area contributed by atoms with Crippen LogP contribution < -0.4 is 0 Å². The van der Waals surface area contributed by atoms with Gasteiger partial charge in [-0.3, -0.25) is 0 Å². The zero-order valence-electron chi connectivity index (χ0n) is 8.59. The maximum Gasteiger partial charge on any atom is 0.126 e. The van der Waals surface area contributed by atoms with Crippen LogP contribution >= 0.6 is 0 Å². The molecule has 2 aliphatic carbocycles. The normalized spacial score (nSPS) is 37.9. The largest absolute Gasteiger partial charge is 0.303 e. The summed E-state index contributed by atoms with van der Waals surface area (Å²) in [5.74, 6) is 1.63. The van der Waals surface area contributed by atoms with Crippen molar-refractivity contribution in [3.63, 3.8) is 0 Å². The predicted octanol–water partition coefficient (Wildman–Crippen LogP) is 3.18. The molecule has 2 rings (SSSR count). The van der Waals surface area contributed by atoms with Crippen LogP contribution in [0.3, 0.4) is 0 Å². The summed E-state index contributed by atoms with van der Waals surface area (Å²) in [4.78, 5) is 11.1. The van der Waals surface area contributed by atoms with Gasteiger partial charge in [-0.2, -0.15) is 0 Å². The molecule has 2 aliphatic rings. The second-order valence-corrected chi connectivity index (χ2v) is 5.16. The maximum atomic E-state index is 11.1. The Bertz CT molecular complexity index is 185. The van der Waals surface area contributed by atoms with Crippen molar-refractivity contribution >= 4 is 6.29 Å². The zero-order valence-corrected chi connectivity index (χ0v) is 8.59. The van der Waals surface area contributed by atoms with Gasteiger partial charge in [0.25, 0.3) is 0 Å². The highest BCUT2D eigenvalue weighted by atomic mass is 16.1. The molecule has 0 aromatic heterocycles. The molecule has 0 N–H and O–H groups in total. The SMILES string of the molecule is CC1CCC(C2(C=O)CCC2)CC1. The lowest BCUT2D eigenvalue weighted by molar-refractivity contribution is -0.126. The van der Waals surface area contributed by atoms with E-state index in [0.29, 0.717) is 0 Å². The van der Waals surface area contributed by atoms with Gasteiger partial charge >= 0.3 is 0 Å². The molecule has 1 heteroatoms. The monoisotopic (exact) mass is 180 g/mol. The van der Waals surface area contributed by atoms with E-state index in [-0.39, 0.29) is 5.41 Å². The van der Waals surface area contributed by atoms with Gasteiger partial charge in [0.1, 0.15) is 6.29 Å². The van der Waals surface area contributed by atoms with Gasteiger partial charge in [0.2, 0.25) is 0 Å². The highest BCUT2D eigenvalue weighted by Crippen LogP contribution is 2.51. The van der Waals surface area contributed by atoms with Crippen molar-refractivity contribution in [3.8, 4) is 0 Å². The van der Waals surface area contributed by atoms with E-state index in [1.165, 1.54) is 51.2 Å². The summed E-state index contributed by atoms with van der Waals surface area (Å²) in [5, 5.41) is 0. The van der Waals surface area contributed by atoms with Crippen LogP contribution in [0.15, 0.2) is 0 Å². The molecule has 2 fully saturated rings. The van der Waals surface area contributed by atoms with Gasteiger partial charge < -0.3 is 4.79 Å². The molecule has 0 aromatic rings. The van der Waals surface area contributed by atoms with Crippen molar-refractivity contribution in [2.45, 2.75) is 51.9 Å². The number of hydrogen-bond acceptors (Lipinski definition) is 1. The summed E-state index contributed by atoms with van der Waals surface area (Å²) in [5.41, 5.74) is 0.139.